The fraction of sp³-hybridized carbons (Fsp3) is 0.190. The molecule has 1 aromatic heterocycles. The van der Waals surface area contributed by atoms with Gasteiger partial charge in [0.25, 0.3) is 5.91 Å². The highest BCUT2D eigenvalue weighted by molar-refractivity contribution is 9.10. The molecule has 0 saturated carbocycles. The summed E-state index contributed by atoms with van der Waals surface area (Å²) in [4.78, 5) is 27.1. The molecule has 1 atom stereocenters. The first-order chi connectivity index (χ1) is 16.4. The molecule has 8 nitrogen and oxygen atoms in total. The number of alkyl halides is 3. The fourth-order valence-corrected chi connectivity index (χ4v) is 3.32. The second-order valence-corrected chi connectivity index (χ2v) is 7.52. The van der Waals surface area contributed by atoms with Gasteiger partial charge in [0, 0.05) is 12.6 Å². The van der Waals surface area contributed by atoms with Crippen LogP contribution in [0.2, 0.25) is 0 Å². The average molecular weight is 564 g/mol. The van der Waals surface area contributed by atoms with Gasteiger partial charge in [-0.25, -0.2) is 18.6 Å². The Morgan fingerprint density at radius 1 is 1.17 bits per heavy atom. The van der Waals surface area contributed by atoms with E-state index in [0.717, 1.165) is 36.4 Å². The van der Waals surface area contributed by atoms with Crippen molar-refractivity contribution in [3.05, 3.63) is 69.7 Å². The highest BCUT2D eigenvalue weighted by atomic mass is 79.9. The Bertz CT molecular complexity index is 1250. The minimum atomic E-state index is -4.54. The second kappa shape index (κ2) is 10.3. The highest BCUT2D eigenvalue weighted by Gasteiger charge is 2.31. The van der Waals surface area contributed by atoms with Crippen molar-refractivity contribution in [1.82, 2.24) is 10.3 Å². The monoisotopic (exact) mass is 563 g/mol. The van der Waals surface area contributed by atoms with Gasteiger partial charge in [-0.1, -0.05) is 12.1 Å². The van der Waals surface area contributed by atoms with E-state index in [2.05, 4.69) is 26.2 Å². The van der Waals surface area contributed by atoms with Gasteiger partial charge in [0.2, 0.25) is 12.0 Å². The van der Waals surface area contributed by atoms with Gasteiger partial charge >= 0.3 is 12.3 Å². The van der Waals surface area contributed by atoms with Crippen molar-refractivity contribution in [2.24, 2.45) is 5.73 Å². The van der Waals surface area contributed by atoms with Gasteiger partial charge < -0.3 is 24.9 Å². The van der Waals surface area contributed by atoms with Crippen molar-refractivity contribution < 1.29 is 45.4 Å². The number of alkyl carbamates (subject to hydrolysis) is 1. The van der Waals surface area contributed by atoms with E-state index in [0.29, 0.717) is 0 Å². The van der Waals surface area contributed by atoms with E-state index in [-0.39, 0.29) is 21.8 Å². The molecule has 0 bridgehead atoms. The number of benzene rings is 2. The summed E-state index contributed by atoms with van der Waals surface area (Å²) < 4.78 is 82.8. The van der Waals surface area contributed by atoms with Gasteiger partial charge in [0.1, 0.15) is 23.7 Å². The van der Waals surface area contributed by atoms with Crippen molar-refractivity contribution in [2.75, 3.05) is 13.7 Å². The van der Waals surface area contributed by atoms with Crippen LogP contribution in [0.15, 0.2) is 45.5 Å². The van der Waals surface area contributed by atoms with Crippen molar-refractivity contribution in [3.8, 4) is 17.0 Å². The van der Waals surface area contributed by atoms with Crippen LogP contribution in [-0.4, -0.2) is 30.6 Å². The number of amides is 2. The lowest BCUT2D eigenvalue weighted by Gasteiger charge is -2.17. The topological polar surface area (TPSA) is 117 Å². The predicted molar refractivity (Wildman–Crippen MR) is 113 cm³/mol. The number of hydrogen-bond acceptors (Lipinski definition) is 6. The van der Waals surface area contributed by atoms with E-state index in [1.807, 2.05) is 0 Å². The molecule has 1 heterocycles. The lowest BCUT2D eigenvalue weighted by atomic mass is 10.1. The minimum absolute atomic E-state index is 0.0156. The maximum atomic E-state index is 14.7. The Morgan fingerprint density at radius 2 is 1.83 bits per heavy atom. The first kappa shape index (κ1) is 25.9. The van der Waals surface area contributed by atoms with Crippen molar-refractivity contribution in [3.63, 3.8) is 0 Å². The predicted octanol–water partition coefficient (Wildman–Crippen LogP) is 4.98. The molecule has 0 fully saturated rings. The third kappa shape index (κ3) is 5.88. The molecule has 2 amide bonds. The molecular weight excluding hydrogens is 549 g/mol. The number of carbonyl (C=O) groups is 2. The van der Waals surface area contributed by atoms with Gasteiger partial charge in [-0.3, -0.25) is 4.79 Å². The zero-order chi connectivity index (χ0) is 25.9. The smallest absolute Gasteiger partial charge is 0.416 e. The van der Waals surface area contributed by atoms with E-state index >= 15 is 0 Å². The molecule has 0 aliphatic carbocycles. The molecule has 0 radical (unpaired) electrons. The molecule has 2 aromatic carbocycles. The van der Waals surface area contributed by atoms with E-state index in [4.69, 9.17) is 19.6 Å². The molecule has 3 N–H and O–H groups in total. The Kier molecular flexibility index (Phi) is 7.63. The van der Waals surface area contributed by atoms with Crippen LogP contribution in [0.25, 0.3) is 11.3 Å². The number of rotatable bonds is 7. The molecule has 0 aliphatic heterocycles. The van der Waals surface area contributed by atoms with Crippen LogP contribution in [0, 0.1) is 11.6 Å². The van der Waals surface area contributed by atoms with Crippen LogP contribution in [0.5, 0.6) is 5.75 Å². The molecule has 0 saturated heterocycles. The lowest BCUT2D eigenvalue weighted by Crippen LogP contribution is -2.25. The summed E-state index contributed by atoms with van der Waals surface area (Å²) in [7, 11) is 1.28. The third-order valence-corrected chi connectivity index (χ3v) is 5.04. The summed E-state index contributed by atoms with van der Waals surface area (Å²) in [5, 5.41) is 2.18. The van der Waals surface area contributed by atoms with Crippen molar-refractivity contribution >= 4 is 27.9 Å². The number of ether oxygens (including phenoxy) is 2. The van der Waals surface area contributed by atoms with Gasteiger partial charge in [0.15, 0.2) is 16.2 Å². The first-order valence-electron chi connectivity index (χ1n) is 9.55. The Balaban J connectivity index is 1.97. The standard InChI is InChI=1S/C21H15BrF5N3O5/c1-29-20(32)33-8-13(34-12-7-6-11(23)14(15(12)24)18(28)31)19-30-16(17(22)35-19)9-2-4-10(5-3-9)21(25,26)27/h2-7,13H,8H2,1H3,(H2,28,31)(H,29,32). The fourth-order valence-electron chi connectivity index (χ4n) is 2.83. The van der Waals surface area contributed by atoms with Gasteiger partial charge in [-0.15, -0.1) is 0 Å². The molecule has 0 aliphatic rings. The molecular formula is C21H15BrF5N3O5. The number of halogens is 6. The van der Waals surface area contributed by atoms with Crippen LogP contribution in [-0.2, 0) is 10.9 Å². The zero-order valence-electron chi connectivity index (χ0n) is 17.6. The molecule has 14 heteroatoms. The maximum Gasteiger partial charge on any atom is 0.416 e. The van der Waals surface area contributed by atoms with Gasteiger partial charge in [-0.2, -0.15) is 13.2 Å². The number of hydrogen-bond donors (Lipinski definition) is 2. The number of nitrogens with one attached hydrogen (secondary N) is 1. The van der Waals surface area contributed by atoms with Crippen molar-refractivity contribution in [2.45, 2.75) is 12.3 Å². The zero-order valence-corrected chi connectivity index (χ0v) is 19.2. The average Bonchev–Trinajstić information content (AvgIpc) is 3.18. The van der Waals surface area contributed by atoms with E-state index in [9.17, 15) is 31.5 Å². The van der Waals surface area contributed by atoms with Crippen LogP contribution < -0.4 is 15.8 Å². The largest absolute Gasteiger partial charge is 0.474 e. The molecule has 1 unspecified atom stereocenters. The normalized spacial score (nSPS) is 12.2. The number of carbonyl (C=O) groups excluding carboxylic acids is 2. The summed E-state index contributed by atoms with van der Waals surface area (Å²) in [6, 6.07) is 5.62. The number of primary amides is 1. The number of nitrogens with zero attached hydrogens (tertiary/aromatic N) is 1. The minimum Gasteiger partial charge on any atom is -0.474 e. The number of aromatic nitrogens is 1. The van der Waals surface area contributed by atoms with Crippen LogP contribution in [0.4, 0.5) is 26.7 Å². The lowest BCUT2D eigenvalue weighted by molar-refractivity contribution is -0.137. The number of nitrogens with two attached hydrogens (primary N) is 1. The van der Waals surface area contributed by atoms with Crippen LogP contribution in [0.3, 0.4) is 0 Å². The number of oxazole rings is 1. The Hall–Kier alpha value is -3.68. The summed E-state index contributed by atoms with van der Waals surface area (Å²) in [6.07, 6.45) is -6.85. The molecule has 3 rings (SSSR count). The summed E-state index contributed by atoms with van der Waals surface area (Å²) >= 11 is 3.10. The van der Waals surface area contributed by atoms with Crippen molar-refractivity contribution in [1.29, 1.82) is 0 Å². The van der Waals surface area contributed by atoms with E-state index in [1.165, 1.54) is 7.05 Å². The van der Waals surface area contributed by atoms with Gasteiger partial charge in [-0.05, 0) is 40.2 Å². The highest BCUT2D eigenvalue weighted by Crippen LogP contribution is 2.35. The molecule has 3 aromatic rings. The quantitative estimate of drug-likeness (QED) is 0.392. The Morgan fingerprint density at radius 3 is 2.40 bits per heavy atom. The molecule has 35 heavy (non-hydrogen) atoms. The summed E-state index contributed by atoms with van der Waals surface area (Å²) in [5.41, 5.74) is 3.38. The molecule has 186 valence electrons. The van der Waals surface area contributed by atoms with Crippen LogP contribution in [0.1, 0.15) is 27.9 Å². The second-order valence-electron chi connectivity index (χ2n) is 6.80. The summed E-state index contributed by atoms with van der Waals surface area (Å²) in [6.45, 7) is -0.582. The third-order valence-electron chi connectivity index (χ3n) is 4.50. The maximum absolute atomic E-state index is 14.7. The Labute approximate surface area is 202 Å². The van der Waals surface area contributed by atoms with Gasteiger partial charge in [0.05, 0.1) is 5.56 Å². The SMILES string of the molecule is CNC(=O)OCC(Oc1ccc(F)c(C(N)=O)c1F)c1nc(-c2ccc(C(F)(F)F)cc2)c(Br)o1. The van der Waals surface area contributed by atoms with E-state index in [1.54, 1.807) is 0 Å². The summed E-state index contributed by atoms with van der Waals surface area (Å²) in [5.74, 6) is -4.91. The van der Waals surface area contributed by atoms with E-state index < -0.39 is 59.4 Å². The first-order valence-corrected chi connectivity index (χ1v) is 10.3. The van der Waals surface area contributed by atoms with Crippen LogP contribution >= 0.6 is 15.9 Å². The molecule has 0 spiro atoms.